The van der Waals surface area contributed by atoms with Crippen molar-refractivity contribution in [2.24, 2.45) is 11.8 Å². The van der Waals surface area contributed by atoms with Crippen molar-refractivity contribution in [3.63, 3.8) is 0 Å². The summed E-state index contributed by atoms with van der Waals surface area (Å²) in [6, 6.07) is -1.52. The highest BCUT2D eigenvalue weighted by atomic mass is 16.6. The van der Waals surface area contributed by atoms with Gasteiger partial charge in [0.2, 0.25) is 11.8 Å². The Bertz CT molecular complexity index is 825. The molecular formula is C24H34N2O6. The number of likely N-dealkylation sites (tertiary alicyclic amines) is 1. The summed E-state index contributed by atoms with van der Waals surface area (Å²) in [5, 5.41) is 9.90. The Morgan fingerprint density at radius 2 is 1.97 bits per heavy atom. The maximum absolute atomic E-state index is 13.9. The fraction of sp³-hybridized carbons (Fsp3) is 0.708. The van der Waals surface area contributed by atoms with Gasteiger partial charge in [-0.05, 0) is 33.1 Å². The quantitative estimate of drug-likeness (QED) is 0.507. The molecule has 0 bridgehead atoms. The molecule has 0 saturated carbocycles. The molecule has 0 aliphatic carbocycles. The van der Waals surface area contributed by atoms with Crippen LogP contribution in [0.25, 0.3) is 0 Å². The smallest absolute Gasteiger partial charge is 0.312 e. The van der Waals surface area contributed by atoms with Gasteiger partial charge < -0.3 is 24.4 Å². The number of ether oxygens (including phenoxy) is 2. The first-order valence-electron chi connectivity index (χ1n) is 11.8. The van der Waals surface area contributed by atoms with E-state index in [-0.39, 0.29) is 31.1 Å². The summed E-state index contributed by atoms with van der Waals surface area (Å²) in [6.07, 6.45) is 10.1. The molecule has 2 fully saturated rings. The van der Waals surface area contributed by atoms with E-state index in [1.54, 1.807) is 11.8 Å². The number of aliphatic hydroxyl groups is 1. The third-order valence-corrected chi connectivity index (χ3v) is 7.30. The molecule has 8 heteroatoms. The number of fused-ring (bicyclic) bond motifs is 2. The number of esters is 1. The average Bonchev–Trinajstić information content (AvgIpc) is 3.18. The summed E-state index contributed by atoms with van der Waals surface area (Å²) in [6.45, 7) is 6.21. The summed E-state index contributed by atoms with van der Waals surface area (Å²) < 4.78 is 12.0. The first-order valence-corrected chi connectivity index (χ1v) is 11.8. The number of hydrogen-bond acceptors (Lipinski definition) is 6. The van der Waals surface area contributed by atoms with E-state index < -0.39 is 41.6 Å². The van der Waals surface area contributed by atoms with E-state index in [9.17, 15) is 19.5 Å². The van der Waals surface area contributed by atoms with Crippen molar-refractivity contribution in [2.75, 3.05) is 19.8 Å². The first-order chi connectivity index (χ1) is 15.4. The fourth-order valence-electron chi connectivity index (χ4n) is 5.74. The van der Waals surface area contributed by atoms with Crippen LogP contribution >= 0.6 is 0 Å². The number of carbonyl (C=O) groups excluding carboxylic acids is 3. The van der Waals surface area contributed by atoms with Crippen molar-refractivity contribution in [3.05, 3.63) is 24.3 Å². The third kappa shape index (κ3) is 3.48. The molecule has 4 rings (SSSR count). The lowest BCUT2D eigenvalue weighted by molar-refractivity contribution is -0.156. The van der Waals surface area contributed by atoms with Gasteiger partial charge in [-0.3, -0.25) is 14.4 Å². The third-order valence-electron chi connectivity index (χ3n) is 7.30. The second kappa shape index (κ2) is 8.98. The highest BCUT2D eigenvalue weighted by Crippen LogP contribution is 2.53. The molecule has 2 unspecified atom stereocenters. The van der Waals surface area contributed by atoms with Gasteiger partial charge in [-0.2, -0.15) is 0 Å². The van der Waals surface area contributed by atoms with Gasteiger partial charge >= 0.3 is 5.97 Å². The normalized spacial score (nSPS) is 37.4. The summed E-state index contributed by atoms with van der Waals surface area (Å²) in [4.78, 5) is 44.0. The lowest BCUT2D eigenvalue weighted by Gasteiger charge is -2.39. The van der Waals surface area contributed by atoms with Crippen LogP contribution in [0.5, 0.6) is 0 Å². The summed E-state index contributed by atoms with van der Waals surface area (Å²) in [5.41, 5.74) is -1.27. The molecule has 2 saturated heterocycles. The average molecular weight is 447 g/mol. The minimum absolute atomic E-state index is 0.00353. The van der Waals surface area contributed by atoms with Gasteiger partial charge in [0.1, 0.15) is 17.6 Å². The second-order valence-electron chi connectivity index (χ2n) is 9.39. The highest BCUT2D eigenvalue weighted by molar-refractivity contribution is 5.99. The summed E-state index contributed by atoms with van der Waals surface area (Å²) in [7, 11) is 0. The van der Waals surface area contributed by atoms with Gasteiger partial charge in [-0.1, -0.05) is 37.6 Å². The molecule has 176 valence electrons. The molecule has 4 aliphatic heterocycles. The number of carbonyl (C=O) groups is 3. The van der Waals surface area contributed by atoms with Crippen molar-refractivity contribution < 1.29 is 29.0 Å². The first kappa shape index (κ1) is 23.0. The fourth-order valence-corrected chi connectivity index (χ4v) is 5.74. The predicted molar refractivity (Wildman–Crippen MR) is 116 cm³/mol. The number of hydrogen-bond donors (Lipinski definition) is 1. The van der Waals surface area contributed by atoms with E-state index in [1.165, 1.54) is 4.90 Å². The lowest BCUT2D eigenvalue weighted by atomic mass is 9.78. The molecule has 7 atom stereocenters. The Morgan fingerprint density at radius 1 is 1.19 bits per heavy atom. The van der Waals surface area contributed by atoms with Crippen molar-refractivity contribution >= 4 is 17.8 Å². The Hall–Kier alpha value is -2.19. The predicted octanol–water partition coefficient (Wildman–Crippen LogP) is 1.43. The van der Waals surface area contributed by atoms with Crippen LogP contribution in [-0.4, -0.2) is 82.3 Å². The number of cyclic esters (lactones) is 1. The standard InChI is InChI=1S/C24H34N2O6/c1-4-9-15(2)25-12-8-11-24-19(21(28)26(16(3)14-27)20(24)22(25)29)18-17(32-24)10-6-5-7-13-31-23(18)30/h6,8,10-11,15-20,27H,4-5,7,9,12-14H2,1-3H3/b10-6-/t15?,16-,17+,18-,19+,20?,24+/m1/s1. The maximum atomic E-state index is 13.9. The number of allylic oxidation sites excluding steroid dienone is 1. The topological polar surface area (TPSA) is 96.4 Å². The van der Waals surface area contributed by atoms with Crippen LogP contribution in [0.4, 0.5) is 0 Å². The Labute approximate surface area is 189 Å². The molecule has 1 spiro atoms. The number of amides is 2. The van der Waals surface area contributed by atoms with Gasteiger partial charge in [0.15, 0.2) is 0 Å². The molecule has 32 heavy (non-hydrogen) atoms. The van der Waals surface area contributed by atoms with Gasteiger partial charge in [-0.15, -0.1) is 0 Å². The van der Waals surface area contributed by atoms with Crippen LogP contribution in [0, 0.1) is 11.8 Å². The van der Waals surface area contributed by atoms with Crippen LogP contribution in [0.2, 0.25) is 0 Å². The van der Waals surface area contributed by atoms with E-state index >= 15 is 0 Å². The molecule has 0 aromatic carbocycles. The largest absolute Gasteiger partial charge is 0.465 e. The monoisotopic (exact) mass is 446 g/mol. The molecule has 8 nitrogen and oxygen atoms in total. The van der Waals surface area contributed by atoms with Crippen LogP contribution < -0.4 is 0 Å². The SMILES string of the molecule is CCCC(C)N1CC=C[C@]23O[C@H]4/C=C\CCCOC(=O)[C@H]4[C@H]2C(=O)N([C@H](C)CO)C3C1=O. The Morgan fingerprint density at radius 3 is 2.69 bits per heavy atom. The summed E-state index contributed by atoms with van der Waals surface area (Å²) >= 11 is 0. The molecule has 0 aromatic heterocycles. The Kier molecular flexibility index (Phi) is 6.45. The number of rotatable bonds is 5. The summed E-state index contributed by atoms with van der Waals surface area (Å²) in [5.74, 6) is -2.70. The van der Waals surface area contributed by atoms with Crippen LogP contribution in [0.1, 0.15) is 46.5 Å². The zero-order valence-electron chi connectivity index (χ0n) is 19.1. The van der Waals surface area contributed by atoms with Crippen molar-refractivity contribution in [1.29, 1.82) is 0 Å². The number of aliphatic hydroxyl groups excluding tert-OH is 1. The van der Waals surface area contributed by atoms with Crippen LogP contribution in [-0.2, 0) is 23.9 Å². The highest BCUT2D eigenvalue weighted by Gasteiger charge is 2.72. The second-order valence-corrected chi connectivity index (χ2v) is 9.39. The van der Waals surface area contributed by atoms with Gasteiger partial charge in [0.25, 0.3) is 0 Å². The molecule has 2 amide bonds. The minimum Gasteiger partial charge on any atom is -0.465 e. The zero-order chi connectivity index (χ0) is 23.0. The minimum atomic E-state index is -1.27. The molecule has 4 aliphatic rings. The molecule has 1 N–H and O–H groups in total. The van der Waals surface area contributed by atoms with E-state index in [4.69, 9.17) is 9.47 Å². The van der Waals surface area contributed by atoms with E-state index in [0.717, 1.165) is 19.3 Å². The van der Waals surface area contributed by atoms with E-state index in [0.29, 0.717) is 13.0 Å². The van der Waals surface area contributed by atoms with Gasteiger partial charge in [-0.25, -0.2) is 0 Å². The van der Waals surface area contributed by atoms with Gasteiger partial charge in [0, 0.05) is 12.6 Å². The van der Waals surface area contributed by atoms with E-state index in [1.807, 2.05) is 31.2 Å². The Balaban J connectivity index is 1.82. The van der Waals surface area contributed by atoms with E-state index in [2.05, 4.69) is 6.92 Å². The molecule has 0 radical (unpaired) electrons. The van der Waals surface area contributed by atoms with Crippen LogP contribution in [0.15, 0.2) is 24.3 Å². The molecular weight excluding hydrogens is 412 g/mol. The molecule has 4 heterocycles. The van der Waals surface area contributed by atoms with Crippen molar-refractivity contribution in [3.8, 4) is 0 Å². The van der Waals surface area contributed by atoms with Crippen LogP contribution in [0.3, 0.4) is 0 Å². The molecule has 0 aromatic rings. The number of nitrogens with zero attached hydrogens (tertiary/aromatic N) is 2. The zero-order valence-corrected chi connectivity index (χ0v) is 19.1. The van der Waals surface area contributed by atoms with Gasteiger partial charge in [0.05, 0.1) is 31.3 Å². The van der Waals surface area contributed by atoms with Crippen molar-refractivity contribution in [1.82, 2.24) is 9.80 Å². The lowest BCUT2D eigenvalue weighted by Crippen LogP contribution is -2.58. The maximum Gasteiger partial charge on any atom is 0.312 e. The van der Waals surface area contributed by atoms with Crippen molar-refractivity contribution in [2.45, 2.75) is 76.3 Å².